The molecule has 0 spiro atoms. The first-order chi connectivity index (χ1) is 15.9. The molecule has 4 aromatic rings. The summed E-state index contributed by atoms with van der Waals surface area (Å²) >= 11 is 0. The van der Waals surface area contributed by atoms with E-state index in [-0.39, 0.29) is 5.56 Å². The molecule has 0 aliphatic rings. The second kappa shape index (κ2) is 9.52. The summed E-state index contributed by atoms with van der Waals surface area (Å²) in [6.45, 7) is 1.92. The van der Waals surface area contributed by atoms with Gasteiger partial charge >= 0.3 is 0 Å². The van der Waals surface area contributed by atoms with Crippen LogP contribution in [0.15, 0.2) is 89.2 Å². The number of carbonyl (C=O) groups is 1. The third kappa shape index (κ3) is 4.85. The molecule has 33 heavy (non-hydrogen) atoms. The van der Waals surface area contributed by atoms with E-state index < -0.39 is 18.0 Å². The van der Waals surface area contributed by atoms with Gasteiger partial charge in [0.05, 0.1) is 16.9 Å². The van der Waals surface area contributed by atoms with Crippen molar-refractivity contribution < 1.29 is 13.6 Å². The second-order valence-electron chi connectivity index (χ2n) is 7.41. The molecule has 3 aromatic carbocycles. The highest BCUT2D eigenvalue weighted by Crippen LogP contribution is 2.37. The molecule has 0 saturated carbocycles. The number of nitrogens with one attached hydrogen (secondary N) is 1. The summed E-state index contributed by atoms with van der Waals surface area (Å²) in [5.41, 5.74) is 3.15. The minimum atomic E-state index is -2.88. The summed E-state index contributed by atoms with van der Waals surface area (Å²) in [6.07, 6.45) is -1.60. The molecular formula is C25H21F2N5O. The molecule has 8 heteroatoms. The lowest BCUT2D eigenvalue weighted by atomic mass is 10.0. The zero-order valence-corrected chi connectivity index (χ0v) is 18.0. The Kier molecular flexibility index (Phi) is 6.35. The molecule has 1 aromatic heterocycles. The quantitative estimate of drug-likeness (QED) is 0.325. The van der Waals surface area contributed by atoms with Gasteiger partial charge in [0.2, 0.25) is 0 Å². The Morgan fingerprint density at radius 3 is 2.33 bits per heavy atom. The number of nitrogens with zero attached hydrogens (tertiary/aromatic N) is 4. The van der Waals surface area contributed by atoms with Crippen molar-refractivity contribution in [1.82, 2.24) is 9.78 Å². The van der Waals surface area contributed by atoms with Gasteiger partial charge in [-0.3, -0.25) is 9.48 Å². The van der Waals surface area contributed by atoms with E-state index in [1.165, 1.54) is 17.9 Å². The number of amides is 1. The molecule has 0 unspecified atom stereocenters. The maximum atomic E-state index is 13.4. The van der Waals surface area contributed by atoms with Crippen molar-refractivity contribution >= 4 is 23.0 Å². The average Bonchev–Trinajstić information content (AvgIpc) is 3.22. The molecule has 0 aliphatic carbocycles. The zero-order chi connectivity index (χ0) is 23.4. The average molecular weight is 445 g/mol. The number of hydrogen-bond donors (Lipinski definition) is 1. The summed E-state index contributed by atoms with van der Waals surface area (Å²) in [6, 6.07) is 22.3. The summed E-state index contributed by atoms with van der Waals surface area (Å²) in [7, 11) is 1.49. The van der Waals surface area contributed by atoms with E-state index in [0.717, 1.165) is 11.1 Å². The van der Waals surface area contributed by atoms with Gasteiger partial charge in [0.1, 0.15) is 11.4 Å². The van der Waals surface area contributed by atoms with Crippen LogP contribution < -0.4 is 5.32 Å². The molecule has 166 valence electrons. The number of anilines is 1. The van der Waals surface area contributed by atoms with Crippen LogP contribution in [0.1, 0.15) is 28.0 Å². The van der Waals surface area contributed by atoms with Gasteiger partial charge in [-0.1, -0.05) is 60.7 Å². The Morgan fingerprint density at radius 2 is 1.61 bits per heavy atom. The van der Waals surface area contributed by atoms with Crippen molar-refractivity contribution in [3.8, 4) is 11.1 Å². The van der Waals surface area contributed by atoms with Crippen molar-refractivity contribution in [2.24, 2.45) is 17.3 Å². The number of rotatable bonds is 6. The van der Waals surface area contributed by atoms with Gasteiger partial charge in [-0.25, -0.2) is 8.78 Å². The molecule has 0 radical (unpaired) electrons. The highest BCUT2D eigenvalue weighted by Gasteiger charge is 2.24. The molecule has 0 aliphatic heterocycles. The standard InChI is InChI=1S/C25H21F2N5O/c1-16-9-6-7-13-20(16)29-30-21-14-8-12-18(17-10-4-3-5-11-17)22(21)28-25(33)19-15-32(2)31-23(19)24(26)27/h3-15,24H,1-2H3,(H,28,33)/b30-29+. The molecule has 6 nitrogen and oxygen atoms in total. The second-order valence-corrected chi connectivity index (χ2v) is 7.41. The number of halogens is 2. The molecule has 0 atom stereocenters. The number of benzene rings is 3. The van der Waals surface area contributed by atoms with Crippen molar-refractivity contribution in [3.63, 3.8) is 0 Å². The summed E-state index contributed by atoms with van der Waals surface area (Å²) in [5, 5.41) is 15.2. The van der Waals surface area contributed by atoms with E-state index in [1.807, 2.05) is 67.6 Å². The minimum absolute atomic E-state index is 0.197. The predicted molar refractivity (Wildman–Crippen MR) is 123 cm³/mol. The zero-order valence-electron chi connectivity index (χ0n) is 18.0. The highest BCUT2D eigenvalue weighted by atomic mass is 19.3. The Hall–Kier alpha value is -4.20. The highest BCUT2D eigenvalue weighted by molar-refractivity contribution is 6.08. The SMILES string of the molecule is Cc1ccccc1/N=N/c1cccc(-c2ccccc2)c1NC(=O)c1cn(C)nc1C(F)F. The van der Waals surface area contributed by atoms with Crippen LogP contribution in [-0.2, 0) is 7.05 Å². The van der Waals surface area contributed by atoms with Gasteiger partial charge in [-0.15, -0.1) is 5.11 Å². The molecular weight excluding hydrogens is 424 g/mol. The minimum Gasteiger partial charge on any atom is -0.319 e. The molecule has 1 heterocycles. The van der Waals surface area contributed by atoms with Crippen LogP contribution in [0.3, 0.4) is 0 Å². The lowest BCUT2D eigenvalue weighted by Gasteiger charge is -2.14. The smallest absolute Gasteiger partial charge is 0.282 e. The lowest BCUT2D eigenvalue weighted by Crippen LogP contribution is -2.14. The fourth-order valence-electron chi connectivity index (χ4n) is 3.42. The van der Waals surface area contributed by atoms with Crippen LogP contribution in [0.5, 0.6) is 0 Å². The van der Waals surface area contributed by atoms with Gasteiger partial charge in [-0.2, -0.15) is 10.2 Å². The number of alkyl halides is 2. The molecule has 4 rings (SSSR count). The Balaban J connectivity index is 1.79. The van der Waals surface area contributed by atoms with Crippen molar-refractivity contribution in [1.29, 1.82) is 0 Å². The van der Waals surface area contributed by atoms with Gasteiger partial charge in [0.25, 0.3) is 12.3 Å². The first-order valence-corrected chi connectivity index (χ1v) is 10.2. The molecule has 1 amide bonds. The fourth-order valence-corrected chi connectivity index (χ4v) is 3.42. The van der Waals surface area contributed by atoms with Gasteiger partial charge in [0, 0.05) is 18.8 Å². The summed E-state index contributed by atoms with van der Waals surface area (Å²) in [4.78, 5) is 13.0. The van der Waals surface area contributed by atoms with Gasteiger partial charge in [-0.05, 0) is 30.2 Å². The fraction of sp³-hybridized carbons (Fsp3) is 0.120. The molecule has 0 bridgehead atoms. The van der Waals surface area contributed by atoms with Crippen LogP contribution in [0, 0.1) is 6.92 Å². The van der Waals surface area contributed by atoms with E-state index in [4.69, 9.17) is 0 Å². The van der Waals surface area contributed by atoms with Crippen molar-refractivity contribution in [3.05, 3.63) is 95.8 Å². The van der Waals surface area contributed by atoms with Crippen LogP contribution in [0.25, 0.3) is 11.1 Å². The van der Waals surface area contributed by atoms with E-state index in [1.54, 1.807) is 12.1 Å². The largest absolute Gasteiger partial charge is 0.319 e. The number of azo groups is 1. The number of carbonyl (C=O) groups excluding carboxylic acids is 1. The van der Waals surface area contributed by atoms with E-state index in [9.17, 15) is 13.6 Å². The van der Waals surface area contributed by atoms with E-state index in [0.29, 0.717) is 22.6 Å². The summed E-state index contributed by atoms with van der Waals surface area (Å²) in [5.74, 6) is -0.700. The number of para-hydroxylation sites is 1. The van der Waals surface area contributed by atoms with Crippen LogP contribution >= 0.6 is 0 Å². The maximum Gasteiger partial charge on any atom is 0.282 e. The predicted octanol–water partition coefficient (Wildman–Crippen LogP) is 7.00. The Labute approximate surface area is 189 Å². The van der Waals surface area contributed by atoms with Crippen LogP contribution in [-0.4, -0.2) is 15.7 Å². The van der Waals surface area contributed by atoms with Crippen molar-refractivity contribution in [2.45, 2.75) is 13.3 Å². The Morgan fingerprint density at radius 1 is 0.939 bits per heavy atom. The van der Waals surface area contributed by atoms with Crippen molar-refractivity contribution in [2.75, 3.05) is 5.32 Å². The first-order valence-electron chi connectivity index (χ1n) is 10.2. The maximum absolute atomic E-state index is 13.4. The normalized spacial score (nSPS) is 11.3. The molecule has 1 N–H and O–H groups in total. The monoisotopic (exact) mass is 445 g/mol. The Bertz CT molecular complexity index is 1320. The van der Waals surface area contributed by atoms with Crippen LogP contribution in [0.2, 0.25) is 0 Å². The lowest BCUT2D eigenvalue weighted by molar-refractivity contribution is 0.101. The topological polar surface area (TPSA) is 71.6 Å². The molecule has 0 fully saturated rings. The van der Waals surface area contributed by atoms with E-state index >= 15 is 0 Å². The number of aromatic nitrogens is 2. The van der Waals surface area contributed by atoms with Crippen LogP contribution in [0.4, 0.5) is 25.8 Å². The number of aryl methyl sites for hydroxylation is 2. The third-order valence-electron chi connectivity index (χ3n) is 5.06. The third-order valence-corrected chi connectivity index (χ3v) is 5.06. The summed E-state index contributed by atoms with van der Waals surface area (Å²) < 4.78 is 28.0. The van der Waals surface area contributed by atoms with Gasteiger partial charge in [0.15, 0.2) is 0 Å². The number of hydrogen-bond acceptors (Lipinski definition) is 4. The van der Waals surface area contributed by atoms with Gasteiger partial charge < -0.3 is 5.32 Å². The van der Waals surface area contributed by atoms with E-state index in [2.05, 4.69) is 20.6 Å². The molecule has 0 saturated heterocycles. The first kappa shape index (κ1) is 22.0.